The van der Waals surface area contributed by atoms with Gasteiger partial charge in [0.05, 0.1) is 0 Å². The van der Waals surface area contributed by atoms with Gasteiger partial charge in [-0.25, -0.2) is 0 Å². The van der Waals surface area contributed by atoms with Crippen LogP contribution in [0.1, 0.15) is 37.4 Å². The predicted octanol–water partition coefficient (Wildman–Crippen LogP) is 4.08. The molecule has 0 spiro atoms. The molecule has 0 aliphatic carbocycles. The maximum Gasteiger partial charge on any atom is 0.0465 e. The summed E-state index contributed by atoms with van der Waals surface area (Å²) in [6.07, 6.45) is 1.07. The van der Waals surface area contributed by atoms with Gasteiger partial charge in [0.2, 0.25) is 0 Å². The third-order valence-electron chi connectivity index (χ3n) is 3.35. The van der Waals surface area contributed by atoms with Gasteiger partial charge in [-0.15, -0.1) is 0 Å². The SMILES string of the molecule is CCNC(c1cc(Br)ccc1C)C(C)CCOC. The van der Waals surface area contributed by atoms with E-state index < -0.39 is 0 Å². The highest BCUT2D eigenvalue weighted by molar-refractivity contribution is 9.10. The largest absolute Gasteiger partial charge is 0.385 e. The maximum absolute atomic E-state index is 5.19. The van der Waals surface area contributed by atoms with Crippen LogP contribution in [0.25, 0.3) is 0 Å². The first-order chi connectivity index (χ1) is 8.60. The normalized spacial score (nSPS) is 14.5. The second-order valence-corrected chi connectivity index (χ2v) is 5.71. The Morgan fingerprint density at radius 1 is 1.39 bits per heavy atom. The van der Waals surface area contributed by atoms with Gasteiger partial charge in [0.15, 0.2) is 0 Å². The third-order valence-corrected chi connectivity index (χ3v) is 3.84. The van der Waals surface area contributed by atoms with Crippen molar-refractivity contribution in [1.29, 1.82) is 0 Å². The van der Waals surface area contributed by atoms with E-state index in [1.807, 2.05) is 0 Å². The zero-order valence-corrected chi connectivity index (χ0v) is 13.4. The Hall–Kier alpha value is -0.380. The van der Waals surface area contributed by atoms with E-state index in [2.05, 4.69) is 60.2 Å². The Morgan fingerprint density at radius 3 is 2.72 bits per heavy atom. The van der Waals surface area contributed by atoms with E-state index in [1.165, 1.54) is 11.1 Å². The first kappa shape index (κ1) is 15.7. The Kier molecular flexibility index (Phi) is 6.90. The molecule has 0 aliphatic rings. The topological polar surface area (TPSA) is 21.3 Å². The van der Waals surface area contributed by atoms with Crippen LogP contribution in [0, 0.1) is 12.8 Å². The molecule has 18 heavy (non-hydrogen) atoms. The number of benzene rings is 1. The average molecular weight is 314 g/mol. The molecule has 1 aromatic carbocycles. The zero-order chi connectivity index (χ0) is 13.5. The Labute approximate surface area is 119 Å². The van der Waals surface area contributed by atoms with Crippen LogP contribution in [0.5, 0.6) is 0 Å². The molecule has 0 heterocycles. The van der Waals surface area contributed by atoms with Crippen LogP contribution >= 0.6 is 15.9 Å². The van der Waals surface area contributed by atoms with Gasteiger partial charge in [-0.1, -0.05) is 35.8 Å². The van der Waals surface area contributed by atoms with Crippen molar-refractivity contribution in [2.75, 3.05) is 20.3 Å². The van der Waals surface area contributed by atoms with E-state index in [0.717, 1.165) is 24.0 Å². The molecule has 0 saturated heterocycles. The van der Waals surface area contributed by atoms with Crippen molar-refractivity contribution >= 4 is 15.9 Å². The van der Waals surface area contributed by atoms with E-state index >= 15 is 0 Å². The lowest BCUT2D eigenvalue weighted by molar-refractivity contribution is 0.170. The van der Waals surface area contributed by atoms with Gasteiger partial charge >= 0.3 is 0 Å². The molecule has 0 bridgehead atoms. The minimum Gasteiger partial charge on any atom is -0.385 e. The smallest absolute Gasteiger partial charge is 0.0465 e. The quantitative estimate of drug-likeness (QED) is 0.819. The van der Waals surface area contributed by atoms with Crippen molar-refractivity contribution in [3.8, 4) is 0 Å². The summed E-state index contributed by atoms with van der Waals surface area (Å²) < 4.78 is 6.34. The Morgan fingerprint density at radius 2 is 2.11 bits per heavy atom. The number of hydrogen-bond donors (Lipinski definition) is 1. The summed E-state index contributed by atoms with van der Waals surface area (Å²) in [6, 6.07) is 6.89. The van der Waals surface area contributed by atoms with E-state index in [4.69, 9.17) is 4.74 Å². The van der Waals surface area contributed by atoms with Crippen LogP contribution in [0.3, 0.4) is 0 Å². The fourth-order valence-corrected chi connectivity index (χ4v) is 2.63. The number of methoxy groups -OCH3 is 1. The van der Waals surface area contributed by atoms with Crippen LogP contribution in [0.15, 0.2) is 22.7 Å². The van der Waals surface area contributed by atoms with Gasteiger partial charge in [-0.2, -0.15) is 0 Å². The highest BCUT2D eigenvalue weighted by Crippen LogP contribution is 2.29. The second-order valence-electron chi connectivity index (χ2n) is 4.80. The molecule has 2 unspecified atom stereocenters. The van der Waals surface area contributed by atoms with Gasteiger partial charge in [-0.05, 0) is 49.1 Å². The minimum absolute atomic E-state index is 0.391. The highest BCUT2D eigenvalue weighted by Gasteiger charge is 2.20. The fourth-order valence-electron chi connectivity index (χ4n) is 2.25. The van der Waals surface area contributed by atoms with Gasteiger partial charge in [0.1, 0.15) is 0 Å². The lowest BCUT2D eigenvalue weighted by Crippen LogP contribution is -2.28. The van der Waals surface area contributed by atoms with Crippen molar-refractivity contribution in [1.82, 2.24) is 5.32 Å². The van der Waals surface area contributed by atoms with E-state index in [1.54, 1.807) is 7.11 Å². The Bertz CT molecular complexity index is 368. The molecule has 102 valence electrons. The average Bonchev–Trinajstić information content (AvgIpc) is 2.36. The monoisotopic (exact) mass is 313 g/mol. The van der Waals surface area contributed by atoms with Gasteiger partial charge in [0, 0.05) is 24.2 Å². The van der Waals surface area contributed by atoms with Crippen LogP contribution in [0.2, 0.25) is 0 Å². The fraction of sp³-hybridized carbons (Fsp3) is 0.600. The summed E-state index contributed by atoms with van der Waals surface area (Å²) in [6.45, 7) is 8.41. The molecule has 0 amide bonds. The van der Waals surface area contributed by atoms with Crippen LogP contribution < -0.4 is 5.32 Å². The van der Waals surface area contributed by atoms with Crippen molar-refractivity contribution in [2.24, 2.45) is 5.92 Å². The molecule has 1 aromatic rings. The molecule has 1 rings (SSSR count). The van der Waals surface area contributed by atoms with Crippen LogP contribution in [-0.2, 0) is 4.74 Å². The standard InChI is InChI=1S/C15H24BrNO/c1-5-17-15(12(3)8-9-18-4)14-10-13(16)7-6-11(14)2/h6-7,10,12,15,17H,5,8-9H2,1-4H3. The molecule has 2 nitrogen and oxygen atoms in total. The Balaban J connectivity index is 2.92. The molecule has 2 atom stereocenters. The molecule has 3 heteroatoms. The van der Waals surface area contributed by atoms with Crippen molar-refractivity contribution in [3.05, 3.63) is 33.8 Å². The highest BCUT2D eigenvalue weighted by atomic mass is 79.9. The minimum atomic E-state index is 0.391. The summed E-state index contributed by atoms with van der Waals surface area (Å²) in [4.78, 5) is 0. The first-order valence-corrected chi connectivity index (χ1v) is 7.37. The summed E-state index contributed by atoms with van der Waals surface area (Å²) in [7, 11) is 1.76. The van der Waals surface area contributed by atoms with Crippen molar-refractivity contribution in [3.63, 3.8) is 0 Å². The lowest BCUT2D eigenvalue weighted by atomic mass is 9.89. The molecule has 0 fully saturated rings. The van der Waals surface area contributed by atoms with E-state index in [0.29, 0.717) is 12.0 Å². The van der Waals surface area contributed by atoms with Gasteiger partial charge < -0.3 is 10.1 Å². The zero-order valence-electron chi connectivity index (χ0n) is 11.8. The lowest BCUT2D eigenvalue weighted by Gasteiger charge is -2.27. The van der Waals surface area contributed by atoms with Crippen molar-refractivity contribution in [2.45, 2.75) is 33.2 Å². The molecule has 0 aliphatic heterocycles. The number of aryl methyl sites for hydroxylation is 1. The summed E-state index contributed by atoms with van der Waals surface area (Å²) in [5.74, 6) is 0.554. The summed E-state index contributed by atoms with van der Waals surface area (Å²) >= 11 is 3.57. The number of halogens is 1. The van der Waals surface area contributed by atoms with Crippen LogP contribution in [0.4, 0.5) is 0 Å². The van der Waals surface area contributed by atoms with E-state index in [-0.39, 0.29) is 0 Å². The molecule has 1 N–H and O–H groups in total. The molecule has 0 saturated carbocycles. The molecular formula is C15H24BrNO. The van der Waals surface area contributed by atoms with E-state index in [9.17, 15) is 0 Å². The number of hydrogen-bond acceptors (Lipinski definition) is 2. The molecule has 0 radical (unpaired) electrons. The van der Waals surface area contributed by atoms with Gasteiger partial charge in [-0.3, -0.25) is 0 Å². The van der Waals surface area contributed by atoms with Crippen molar-refractivity contribution < 1.29 is 4.74 Å². The predicted molar refractivity (Wildman–Crippen MR) is 81.0 cm³/mol. The second kappa shape index (κ2) is 7.93. The number of ether oxygens (including phenoxy) is 1. The molecular weight excluding hydrogens is 290 g/mol. The summed E-state index contributed by atoms with van der Waals surface area (Å²) in [5, 5.41) is 3.60. The van der Waals surface area contributed by atoms with Crippen LogP contribution in [-0.4, -0.2) is 20.3 Å². The number of rotatable bonds is 7. The maximum atomic E-state index is 5.19. The third kappa shape index (κ3) is 4.38. The first-order valence-electron chi connectivity index (χ1n) is 6.58. The summed E-state index contributed by atoms with van der Waals surface area (Å²) in [5.41, 5.74) is 2.73. The molecule has 0 aromatic heterocycles. The number of nitrogens with one attached hydrogen (secondary N) is 1. The van der Waals surface area contributed by atoms with Gasteiger partial charge in [0.25, 0.3) is 0 Å².